The molecule has 1 aromatic carbocycles. The molecule has 70 valence electrons. The van der Waals surface area contributed by atoms with Crippen molar-refractivity contribution in [3.05, 3.63) is 29.8 Å². The number of rotatable bonds is 3. The average molecular weight is 194 g/mol. The molecule has 2 nitrogen and oxygen atoms in total. The van der Waals surface area contributed by atoms with Gasteiger partial charge in [-0.2, -0.15) is 0 Å². The second-order valence-corrected chi connectivity index (χ2v) is 3.72. The SMILES string of the molecule is CC(Cc1ccc(N)cc1)C(N)=S. The van der Waals surface area contributed by atoms with Gasteiger partial charge in [0.2, 0.25) is 0 Å². The summed E-state index contributed by atoms with van der Waals surface area (Å²) in [5.41, 5.74) is 13.1. The van der Waals surface area contributed by atoms with Crippen LogP contribution in [0, 0.1) is 5.92 Å². The normalized spacial score (nSPS) is 12.4. The molecule has 0 aliphatic carbocycles. The van der Waals surface area contributed by atoms with Gasteiger partial charge in [0.25, 0.3) is 0 Å². The Hall–Kier alpha value is -1.09. The minimum absolute atomic E-state index is 0.249. The molecular weight excluding hydrogens is 180 g/mol. The third kappa shape index (κ3) is 3.03. The van der Waals surface area contributed by atoms with Gasteiger partial charge in [-0.25, -0.2) is 0 Å². The molecule has 1 rings (SSSR count). The number of nitrogen functional groups attached to an aromatic ring is 1. The van der Waals surface area contributed by atoms with Crippen LogP contribution in [0.5, 0.6) is 0 Å². The van der Waals surface area contributed by atoms with Gasteiger partial charge in [0.1, 0.15) is 0 Å². The molecule has 0 saturated heterocycles. The molecule has 0 fully saturated rings. The van der Waals surface area contributed by atoms with Crippen LogP contribution in [0.4, 0.5) is 5.69 Å². The highest BCUT2D eigenvalue weighted by Crippen LogP contribution is 2.11. The molecule has 0 bridgehead atoms. The summed E-state index contributed by atoms with van der Waals surface area (Å²) in [6, 6.07) is 7.79. The number of nitrogens with two attached hydrogens (primary N) is 2. The standard InChI is InChI=1S/C10H14N2S/c1-7(10(12)13)6-8-2-4-9(11)5-3-8/h2-5,7H,6,11H2,1H3,(H2,12,13). The minimum atomic E-state index is 0.249. The van der Waals surface area contributed by atoms with Crippen LogP contribution < -0.4 is 11.5 Å². The zero-order valence-electron chi connectivity index (χ0n) is 7.66. The maximum Gasteiger partial charge on any atom is 0.0759 e. The Balaban J connectivity index is 2.64. The smallest absolute Gasteiger partial charge is 0.0759 e. The average Bonchev–Trinajstić information content (AvgIpc) is 2.08. The van der Waals surface area contributed by atoms with Crippen LogP contribution in [0.15, 0.2) is 24.3 Å². The van der Waals surface area contributed by atoms with Crippen molar-refractivity contribution in [3.63, 3.8) is 0 Å². The van der Waals surface area contributed by atoms with E-state index in [1.807, 2.05) is 31.2 Å². The molecule has 0 aromatic heterocycles. The van der Waals surface area contributed by atoms with Crippen molar-refractivity contribution in [2.24, 2.45) is 11.7 Å². The van der Waals surface area contributed by atoms with E-state index in [9.17, 15) is 0 Å². The summed E-state index contributed by atoms with van der Waals surface area (Å²) in [5, 5.41) is 0. The predicted octanol–water partition coefficient (Wildman–Crippen LogP) is 1.73. The summed E-state index contributed by atoms with van der Waals surface area (Å²) < 4.78 is 0. The maximum atomic E-state index is 5.57. The molecule has 0 saturated carbocycles. The fourth-order valence-corrected chi connectivity index (χ4v) is 1.19. The quantitative estimate of drug-likeness (QED) is 0.569. The Morgan fingerprint density at radius 2 is 1.92 bits per heavy atom. The van der Waals surface area contributed by atoms with Gasteiger partial charge in [-0.05, 0) is 24.1 Å². The van der Waals surface area contributed by atoms with Gasteiger partial charge in [-0.1, -0.05) is 31.3 Å². The van der Waals surface area contributed by atoms with E-state index in [-0.39, 0.29) is 5.92 Å². The number of hydrogen-bond donors (Lipinski definition) is 2. The lowest BCUT2D eigenvalue weighted by atomic mass is 10.0. The fourth-order valence-electron chi connectivity index (χ4n) is 1.11. The van der Waals surface area contributed by atoms with E-state index >= 15 is 0 Å². The second-order valence-electron chi connectivity index (χ2n) is 3.25. The van der Waals surface area contributed by atoms with Crippen molar-refractivity contribution in [1.82, 2.24) is 0 Å². The Bertz CT molecular complexity index is 292. The lowest BCUT2D eigenvalue weighted by Gasteiger charge is -2.08. The topological polar surface area (TPSA) is 52.0 Å². The first kappa shape index (κ1) is 9.99. The third-order valence-corrected chi connectivity index (χ3v) is 2.41. The largest absolute Gasteiger partial charge is 0.399 e. The molecule has 13 heavy (non-hydrogen) atoms. The maximum absolute atomic E-state index is 5.57. The van der Waals surface area contributed by atoms with Crippen molar-refractivity contribution in [2.45, 2.75) is 13.3 Å². The molecule has 0 spiro atoms. The predicted molar refractivity (Wildman–Crippen MR) is 60.5 cm³/mol. The van der Waals surface area contributed by atoms with Crippen LogP contribution in [0.1, 0.15) is 12.5 Å². The lowest BCUT2D eigenvalue weighted by Crippen LogP contribution is -2.20. The molecule has 0 amide bonds. The van der Waals surface area contributed by atoms with Gasteiger partial charge in [-0.15, -0.1) is 0 Å². The van der Waals surface area contributed by atoms with E-state index in [4.69, 9.17) is 23.7 Å². The van der Waals surface area contributed by atoms with E-state index in [0.717, 1.165) is 12.1 Å². The number of anilines is 1. The van der Waals surface area contributed by atoms with Crippen LogP contribution in [0.25, 0.3) is 0 Å². The van der Waals surface area contributed by atoms with Crippen LogP contribution in [0.2, 0.25) is 0 Å². The summed E-state index contributed by atoms with van der Waals surface area (Å²) in [4.78, 5) is 0.567. The Kier molecular flexibility index (Phi) is 3.25. The molecule has 0 aliphatic heterocycles. The van der Waals surface area contributed by atoms with Gasteiger partial charge in [0, 0.05) is 11.6 Å². The van der Waals surface area contributed by atoms with Gasteiger partial charge in [-0.3, -0.25) is 0 Å². The summed E-state index contributed by atoms with van der Waals surface area (Å²) in [5.74, 6) is 0.249. The van der Waals surface area contributed by atoms with Crippen molar-refractivity contribution in [1.29, 1.82) is 0 Å². The summed E-state index contributed by atoms with van der Waals surface area (Å²) in [7, 11) is 0. The highest BCUT2D eigenvalue weighted by molar-refractivity contribution is 7.80. The zero-order valence-corrected chi connectivity index (χ0v) is 8.47. The fraction of sp³-hybridized carbons (Fsp3) is 0.300. The van der Waals surface area contributed by atoms with E-state index < -0.39 is 0 Å². The van der Waals surface area contributed by atoms with E-state index in [2.05, 4.69) is 0 Å². The van der Waals surface area contributed by atoms with Crippen LogP contribution in [-0.4, -0.2) is 4.99 Å². The van der Waals surface area contributed by atoms with Gasteiger partial charge in [0.15, 0.2) is 0 Å². The Morgan fingerprint density at radius 3 is 2.38 bits per heavy atom. The first-order valence-electron chi connectivity index (χ1n) is 4.23. The minimum Gasteiger partial charge on any atom is -0.399 e. The summed E-state index contributed by atoms with van der Waals surface area (Å²) in [6.45, 7) is 2.03. The van der Waals surface area contributed by atoms with Crippen LogP contribution >= 0.6 is 12.2 Å². The Labute approximate surface area is 83.9 Å². The summed E-state index contributed by atoms with van der Waals surface area (Å²) in [6.07, 6.45) is 0.885. The summed E-state index contributed by atoms with van der Waals surface area (Å²) >= 11 is 4.90. The van der Waals surface area contributed by atoms with E-state index in [1.165, 1.54) is 5.56 Å². The number of thiocarbonyl (C=S) groups is 1. The third-order valence-electron chi connectivity index (χ3n) is 2.01. The van der Waals surface area contributed by atoms with Gasteiger partial charge >= 0.3 is 0 Å². The highest BCUT2D eigenvalue weighted by atomic mass is 32.1. The molecule has 1 atom stereocenters. The molecule has 3 heteroatoms. The zero-order chi connectivity index (χ0) is 9.84. The molecular formula is C10H14N2S. The van der Waals surface area contributed by atoms with Crippen LogP contribution in [0.3, 0.4) is 0 Å². The monoisotopic (exact) mass is 194 g/mol. The molecule has 0 aliphatic rings. The molecule has 1 aromatic rings. The molecule has 1 unspecified atom stereocenters. The Morgan fingerprint density at radius 1 is 1.38 bits per heavy atom. The number of benzene rings is 1. The van der Waals surface area contributed by atoms with Crippen molar-refractivity contribution < 1.29 is 0 Å². The first-order valence-corrected chi connectivity index (χ1v) is 4.64. The first-order chi connectivity index (χ1) is 6.09. The van der Waals surface area contributed by atoms with Crippen molar-refractivity contribution >= 4 is 22.9 Å². The van der Waals surface area contributed by atoms with E-state index in [1.54, 1.807) is 0 Å². The second kappa shape index (κ2) is 4.23. The van der Waals surface area contributed by atoms with Crippen LogP contribution in [-0.2, 0) is 6.42 Å². The molecule has 0 heterocycles. The van der Waals surface area contributed by atoms with Gasteiger partial charge in [0.05, 0.1) is 4.99 Å². The van der Waals surface area contributed by atoms with E-state index in [0.29, 0.717) is 4.99 Å². The molecule has 0 radical (unpaired) electrons. The lowest BCUT2D eigenvalue weighted by molar-refractivity contribution is 0.772. The van der Waals surface area contributed by atoms with Gasteiger partial charge < -0.3 is 11.5 Å². The molecule has 4 N–H and O–H groups in total. The van der Waals surface area contributed by atoms with Crippen molar-refractivity contribution in [2.75, 3.05) is 5.73 Å². The number of hydrogen-bond acceptors (Lipinski definition) is 2. The van der Waals surface area contributed by atoms with Crippen molar-refractivity contribution in [3.8, 4) is 0 Å². The highest BCUT2D eigenvalue weighted by Gasteiger charge is 2.05.